The maximum atomic E-state index is 13.9. The minimum atomic E-state index is -0.430. The van der Waals surface area contributed by atoms with Gasteiger partial charge in [-0.05, 0) is 42.8 Å². The molecule has 1 atom stereocenters. The molecule has 0 spiro atoms. The summed E-state index contributed by atoms with van der Waals surface area (Å²) in [5.74, 6) is -0.630. The summed E-state index contributed by atoms with van der Waals surface area (Å²) in [6.45, 7) is 2.79. The molecule has 0 aliphatic carbocycles. The van der Waals surface area contributed by atoms with Gasteiger partial charge in [-0.3, -0.25) is 4.98 Å². The number of methoxy groups -OCH3 is 1. The number of pyridine rings is 1. The number of nitrogens with zero attached hydrogens (tertiary/aromatic N) is 1. The third kappa shape index (κ3) is 3.76. The zero-order valence-corrected chi connectivity index (χ0v) is 12.1. The monoisotopic (exact) mass is 292 g/mol. The molecule has 1 heterocycles. The summed E-state index contributed by atoms with van der Waals surface area (Å²) < 4.78 is 31.8. The molecule has 1 aromatic heterocycles. The van der Waals surface area contributed by atoms with Gasteiger partial charge in [0.2, 0.25) is 0 Å². The number of ether oxygens (including phenoxy) is 1. The van der Waals surface area contributed by atoms with E-state index in [9.17, 15) is 8.78 Å². The topological polar surface area (TPSA) is 34.1 Å². The lowest BCUT2D eigenvalue weighted by Gasteiger charge is -2.19. The molecule has 5 heteroatoms. The van der Waals surface area contributed by atoms with Gasteiger partial charge >= 0.3 is 0 Å². The smallest absolute Gasteiger partial charge is 0.165 e. The molecule has 0 aliphatic rings. The fraction of sp³-hybridized carbons (Fsp3) is 0.312. The van der Waals surface area contributed by atoms with E-state index in [1.165, 1.54) is 19.2 Å². The molecule has 1 unspecified atom stereocenters. The van der Waals surface area contributed by atoms with E-state index in [1.54, 1.807) is 18.2 Å². The summed E-state index contributed by atoms with van der Waals surface area (Å²) in [6, 6.07) is 7.44. The summed E-state index contributed by atoms with van der Waals surface area (Å²) in [5, 5.41) is 3.29. The average molecular weight is 292 g/mol. The predicted molar refractivity (Wildman–Crippen MR) is 77.3 cm³/mol. The Labute approximate surface area is 123 Å². The van der Waals surface area contributed by atoms with Gasteiger partial charge in [0.25, 0.3) is 0 Å². The number of halogens is 2. The van der Waals surface area contributed by atoms with Crippen molar-refractivity contribution < 1.29 is 13.5 Å². The molecule has 2 aromatic rings. The molecular formula is C16H18F2N2O. The van der Waals surface area contributed by atoms with E-state index in [4.69, 9.17) is 4.74 Å². The highest BCUT2D eigenvalue weighted by Crippen LogP contribution is 2.25. The van der Waals surface area contributed by atoms with Crippen LogP contribution in [0.3, 0.4) is 0 Å². The first kappa shape index (κ1) is 15.4. The lowest BCUT2D eigenvalue weighted by atomic mass is 10.0. The van der Waals surface area contributed by atoms with Crippen molar-refractivity contribution in [1.29, 1.82) is 0 Å². The lowest BCUT2D eigenvalue weighted by molar-refractivity contribution is 0.385. The fourth-order valence-electron chi connectivity index (χ4n) is 2.10. The molecule has 0 aliphatic heterocycles. The molecule has 0 saturated carbocycles. The van der Waals surface area contributed by atoms with Gasteiger partial charge in [0.05, 0.1) is 25.0 Å². The van der Waals surface area contributed by atoms with E-state index in [-0.39, 0.29) is 11.8 Å². The van der Waals surface area contributed by atoms with Crippen molar-refractivity contribution in [2.75, 3.05) is 13.7 Å². The maximum Gasteiger partial charge on any atom is 0.165 e. The van der Waals surface area contributed by atoms with Crippen LogP contribution >= 0.6 is 0 Å². The predicted octanol–water partition coefficient (Wildman–Crippen LogP) is 3.46. The third-order valence-electron chi connectivity index (χ3n) is 3.15. The van der Waals surface area contributed by atoms with Crippen LogP contribution in [-0.2, 0) is 0 Å². The van der Waals surface area contributed by atoms with Crippen molar-refractivity contribution in [3.05, 3.63) is 59.4 Å². The van der Waals surface area contributed by atoms with Crippen molar-refractivity contribution in [1.82, 2.24) is 10.3 Å². The van der Waals surface area contributed by atoms with Crippen LogP contribution in [0.4, 0.5) is 8.78 Å². The van der Waals surface area contributed by atoms with Gasteiger partial charge in [-0.25, -0.2) is 8.78 Å². The first-order valence-electron chi connectivity index (χ1n) is 6.84. The Balaban J connectivity index is 2.35. The van der Waals surface area contributed by atoms with Crippen LogP contribution in [-0.4, -0.2) is 18.6 Å². The van der Waals surface area contributed by atoms with Crippen LogP contribution in [0.1, 0.15) is 30.6 Å². The van der Waals surface area contributed by atoms with Gasteiger partial charge in [0.15, 0.2) is 11.6 Å². The molecular weight excluding hydrogens is 274 g/mol. The molecule has 1 aromatic carbocycles. The Morgan fingerprint density at radius 3 is 2.62 bits per heavy atom. The summed E-state index contributed by atoms with van der Waals surface area (Å²) in [7, 11) is 1.42. The number of nitrogens with one attached hydrogen (secondary N) is 1. The third-order valence-corrected chi connectivity index (χ3v) is 3.15. The second-order valence-electron chi connectivity index (χ2n) is 4.68. The van der Waals surface area contributed by atoms with E-state index in [0.717, 1.165) is 24.7 Å². The summed E-state index contributed by atoms with van der Waals surface area (Å²) in [4.78, 5) is 4.09. The van der Waals surface area contributed by atoms with Crippen LogP contribution in [0.5, 0.6) is 5.75 Å². The van der Waals surface area contributed by atoms with Crippen molar-refractivity contribution >= 4 is 0 Å². The van der Waals surface area contributed by atoms with Crippen molar-refractivity contribution in [2.45, 2.75) is 19.4 Å². The van der Waals surface area contributed by atoms with Gasteiger partial charge in [-0.2, -0.15) is 0 Å². The van der Waals surface area contributed by atoms with Gasteiger partial charge in [-0.1, -0.05) is 13.0 Å². The quantitative estimate of drug-likeness (QED) is 0.885. The van der Waals surface area contributed by atoms with E-state index in [0.29, 0.717) is 5.69 Å². The number of hydrogen-bond donors (Lipinski definition) is 1. The van der Waals surface area contributed by atoms with Gasteiger partial charge < -0.3 is 10.1 Å². The molecule has 2 rings (SSSR count). The van der Waals surface area contributed by atoms with Crippen molar-refractivity contribution in [3.8, 4) is 5.75 Å². The van der Waals surface area contributed by atoms with Crippen LogP contribution in [0.2, 0.25) is 0 Å². The minimum absolute atomic E-state index is 0.194. The first-order chi connectivity index (χ1) is 10.2. The summed E-state index contributed by atoms with van der Waals surface area (Å²) in [5.41, 5.74) is 1.37. The van der Waals surface area contributed by atoms with Crippen molar-refractivity contribution in [3.63, 3.8) is 0 Å². The number of hydrogen-bond acceptors (Lipinski definition) is 3. The second kappa shape index (κ2) is 7.13. The Hall–Kier alpha value is -2.01. The van der Waals surface area contributed by atoms with Crippen LogP contribution in [0.25, 0.3) is 0 Å². The van der Waals surface area contributed by atoms with E-state index in [1.807, 2.05) is 6.92 Å². The fourth-order valence-corrected chi connectivity index (χ4v) is 2.10. The summed E-state index contributed by atoms with van der Waals surface area (Å²) >= 11 is 0. The zero-order chi connectivity index (χ0) is 15.2. The number of aromatic nitrogens is 1. The Bertz CT molecular complexity index is 587. The van der Waals surface area contributed by atoms with Crippen molar-refractivity contribution in [2.24, 2.45) is 0 Å². The molecule has 112 valence electrons. The standard InChI is InChI=1S/C16H18F2N2O/c1-3-8-19-16(14-6-5-12(17)10-20-14)11-4-7-15(21-2)13(18)9-11/h4-7,9-10,16,19H,3,8H2,1-2H3. The molecule has 0 amide bonds. The second-order valence-corrected chi connectivity index (χ2v) is 4.68. The highest BCUT2D eigenvalue weighted by atomic mass is 19.1. The number of rotatable bonds is 6. The van der Waals surface area contributed by atoms with Crippen LogP contribution < -0.4 is 10.1 Å². The molecule has 21 heavy (non-hydrogen) atoms. The molecule has 1 N–H and O–H groups in total. The Morgan fingerprint density at radius 2 is 2.05 bits per heavy atom. The van der Waals surface area contributed by atoms with Crippen LogP contribution in [0.15, 0.2) is 36.5 Å². The lowest BCUT2D eigenvalue weighted by Crippen LogP contribution is -2.24. The van der Waals surface area contributed by atoms with E-state index >= 15 is 0 Å². The minimum Gasteiger partial charge on any atom is -0.494 e. The average Bonchev–Trinajstić information content (AvgIpc) is 2.49. The first-order valence-corrected chi connectivity index (χ1v) is 6.84. The highest BCUT2D eigenvalue weighted by molar-refractivity contribution is 5.34. The van der Waals surface area contributed by atoms with Crippen LogP contribution in [0, 0.1) is 11.6 Å². The van der Waals surface area contributed by atoms with E-state index in [2.05, 4.69) is 10.3 Å². The van der Waals surface area contributed by atoms with Gasteiger partial charge in [-0.15, -0.1) is 0 Å². The van der Waals surface area contributed by atoms with E-state index < -0.39 is 11.6 Å². The SMILES string of the molecule is CCCNC(c1ccc(OC)c(F)c1)c1ccc(F)cn1. The molecule has 0 fully saturated rings. The molecule has 3 nitrogen and oxygen atoms in total. The highest BCUT2D eigenvalue weighted by Gasteiger charge is 2.16. The Kier molecular flexibility index (Phi) is 5.22. The molecule has 0 bridgehead atoms. The maximum absolute atomic E-state index is 13.9. The van der Waals surface area contributed by atoms with Gasteiger partial charge in [0.1, 0.15) is 5.82 Å². The molecule has 0 saturated heterocycles. The number of benzene rings is 1. The molecule has 0 radical (unpaired) electrons. The Morgan fingerprint density at radius 1 is 1.24 bits per heavy atom. The zero-order valence-electron chi connectivity index (χ0n) is 12.1. The van der Waals surface area contributed by atoms with Gasteiger partial charge in [0, 0.05) is 0 Å². The normalized spacial score (nSPS) is 12.2. The largest absolute Gasteiger partial charge is 0.494 e. The summed E-state index contributed by atoms with van der Waals surface area (Å²) in [6.07, 6.45) is 2.09.